The van der Waals surface area contributed by atoms with Crippen molar-refractivity contribution in [2.24, 2.45) is 0 Å². The molecule has 2 N–H and O–H groups in total. The maximum atomic E-state index is 12.5. The number of fused-ring (bicyclic) bond motifs is 1. The summed E-state index contributed by atoms with van der Waals surface area (Å²) in [6, 6.07) is 21.0. The van der Waals surface area contributed by atoms with E-state index in [2.05, 4.69) is 73.9 Å². The fraction of sp³-hybridized carbons (Fsp3) is 0.367. The number of carbonyl (C=O) groups excluding carboxylic acids is 2. The van der Waals surface area contributed by atoms with Gasteiger partial charge in [0.15, 0.2) is 0 Å². The first-order chi connectivity index (χ1) is 18.6. The van der Waals surface area contributed by atoms with Gasteiger partial charge in [0.2, 0.25) is 11.8 Å². The van der Waals surface area contributed by atoms with Crippen molar-refractivity contribution in [2.45, 2.75) is 56.2 Å². The fourth-order valence-corrected chi connectivity index (χ4v) is 6.49. The summed E-state index contributed by atoms with van der Waals surface area (Å²) >= 11 is 4.88. The van der Waals surface area contributed by atoms with Gasteiger partial charge in [0.05, 0.1) is 11.4 Å². The predicted octanol–water partition coefficient (Wildman–Crippen LogP) is 4.37. The molecule has 6 rings (SSSR count). The van der Waals surface area contributed by atoms with Crippen LogP contribution in [0.25, 0.3) is 11.1 Å². The number of hydrogen-bond acceptors (Lipinski definition) is 7. The molecule has 0 bridgehead atoms. The van der Waals surface area contributed by atoms with Crippen LogP contribution in [0, 0.1) is 0 Å². The Morgan fingerprint density at radius 3 is 2.58 bits per heavy atom. The molecule has 0 saturated carbocycles. The Morgan fingerprint density at radius 1 is 0.974 bits per heavy atom. The molecule has 4 heterocycles. The van der Waals surface area contributed by atoms with Gasteiger partial charge < -0.3 is 5.32 Å². The zero-order valence-corrected chi connectivity index (χ0v) is 22.2. The number of hydrogen-bond donors (Lipinski definition) is 3. The van der Waals surface area contributed by atoms with Crippen molar-refractivity contribution >= 4 is 30.3 Å². The molecule has 2 saturated heterocycles. The number of aromatic nitrogens is 1. The highest BCUT2D eigenvalue weighted by atomic mass is 32.1. The van der Waals surface area contributed by atoms with E-state index in [9.17, 15) is 9.59 Å². The van der Waals surface area contributed by atoms with Crippen LogP contribution in [0.15, 0.2) is 66.9 Å². The highest BCUT2D eigenvalue weighted by Gasteiger charge is 2.39. The zero-order valence-electron chi connectivity index (χ0n) is 21.3. The molecule has 7 nitrogen and oxygen atoms in total. The summed E-state index contributed by atoms with van der Waals surface area (Å²) in [6.07, 6.45) is 4.89. The van der Waals surface area contributed by atoms with Crippen LogP contribution >= 0.6 is 12.6 Å². The van der Waals surface area contributed by atoms with Gasteiger partial charge in [-0.3, -0.25) is 24.7 Å². The maximum absolute atomic E-state index is 12.5. The molecule has 1 aromatic heterocycles. The second kappa shape index (κ2) is 10.9. The van der Waals surface area contributed by atoms with Crippen LogP contribution in [0.4, 0.5) is 5.82 Å². The van der Waals surface area contributed by atoms with Gasteiger partial charge in [-0.2, -0.15) is 12.6 Å². The van der Waals surface area contributed by atoms with Gasteiger partial charge >= 0.3 is 0 Å². The third-order valence-corrected chi connectivity index (χ3v) is 8.64. The van der Waals surface area contributed by atoms with E-state index in [1.807, 2.05) is 18.3 Å². The number of anilines is 1. The Labute approximate surface area is 229 Å². The molecule has 0 aliphatic carbocycles. The lowest BCUT2D eigenvalue weighted by Gasteiger charge is -2.33. The van der Waals surface area contributed by atoms with Gasteiger partial charge in [0.1, 0.15) is 5.82 Å². The average Bonchev–Trinajstić information content (AvgIpc) is 3.27. The SMILES string of the molecule is O=C1CCC(N2Cc3c(CN4CCC(Nc5ncccc5-c5ccccc5)CC4)cccc3C2S)C(=O)N1. The lowest BCUT2D eigenvalue weighted by atomic mass is 10.00. The number of piperidine rings is 2. The number of benzene rings is 2. The monoisotopic (exact) mass is 527 g/mol. The van der Waals surface area contributed by atoms with Crippen molar-refractivity contribution in [3.63, 3.8) is 0 Å². The van der Waals surface area contributed by atoms with Crippen LogP contribution in [-0.2, 0) is 22.7 Å². The van der Waals surface area contributed by atoms with Crippen LogP contribution in [0.5, 0.6) is 0 Å². The first kappa shape index (κ1) is 25.1. The first-order valence-corrected chi connectivity index (χ1v) is 14.0. The maximum Gasteiger partial charge on any atom is 0.243 e. The second-order valence-electron chi connectivity index (χ2n) is 10.5. The van der Waals surface area contributed by atoms with Crippen molar-refractivity contribution < 1.29 is 9.59 Å². The molecule has 2 atom stereocenters. The molecule has 3 aliphatic rings. The molecule has 2 aromatic carbocycles. The van der Waals surface area contributed by atoms with Gasteiger partial charge in [-0.15, -0.1) is 0 Å². The minimum Gasteiger partial charge on any atom is -0.367 e. The van der Waals surface area contributed by atoms with Crippen molar-refractivity contribution in [3.8, 4) is 11.1 Å². The first-order valence-electron chi connectivity index (χ1n) is 13.4. The number of imide groups is 1. The molecular formula is C30H33N5O2S. The molecule has 0 spiro atoms. The van der Waals surface area contributed by atoms with E-state index in [1.54, 1.807) is 0 Å². The van der Waals surface area contributed by atoms with E-state index in [4.69, 9.17) is 12.6 Å². The number of likely N-dealkylation sites (tertiary alicyclic amines) is 1. The van der Waals surface area contributed by atoms with E-state index in [-0.39, 0.29) is 23.2 Å². The van der Waals surface area contributed by atoms with Crippen molar-refractivity contribution in [1.82, 2.24) is 20.1 Å². The van der Waals surface area contributed by atoms with Crippen LogP contribution in [0.3, 0.4) is 0 Å². The summed E-state index contributed by atoms with van der Waals surface area (Å²) in [5.41, 5.74) is 6.07. The third kappa shape index (κ3) is 5.08. The summed E-state index contributed by atoms with van der Waals surface area (Å²) in [7, 11) is 0. The van der Waals surface area contributed by atoms with E-state index in [0.717, 1.165) is 43.9 Å². The Bertz CT molecular complexity index is 1330. The number of pyridine rings is 1. The standard InChI is InChI=1S/C30H33N5O2S/c36-27-12-11-26(29(37)33-27)35-19-25-21(8-4-9-24(25)30(35)38)18-34-16-13-22(14-17-34)32-28-23(10-5-15-31-28)20-6-2-1-3-7-20/h1-10,15,22,26,30,38H,11-14,16-19H2,(H,31,32)(H,33,36,37). The molecule has 2 unspecified atom stereocenters. The Balaban J connectivity index is 1.09. The Hall–Kier alpha value is -3.20. The van der Waals surface area contributed by atoms with Crippen LogP contribution in [0.2, 0.25) is 0 Å². The molecule has 3 aliphatic heterocycles. The lowest BCUT2D eigenvalue weighted by molar-refractivity contribution is -0.137. The molecule has 3 aromatic rings. The normalized spacial score (nSPS) is 22.8. The van der Waals surface area contributed by atoms with Gasteiger partial charge in [-0.1, -0.05) is 48.5 Å². The minimum atomic E-state index is -0.315. The number of nitrogens with zero attached hydrogens (tertiary/aromatic N) is 3. The smallest absolute Gasteiger partial charge is 0.243 e. The van der Waals surface area contributed by atoms with Crippen LogP contribution in [0.1, 0.15) is 47.7 Å². The van der Waals surface area contributed by atoms with Crippen LogP contribution in [-0.4, -0.2) is 51.8 Å². The van der Waals surface area contributed by atoms with E-state index >= 15 is 0 Å². The summed E-state index contributed by atoms with van der Waals surface area (Å²) in [5.74, 6) is 0.565. The number of nitrogens with one attached hydrogen (secondary N) is 2. The van der Waals surface area contributed by atoms with E-state index in [0.29, 0.717) is 25.4 Å². The summed E-state index contributed by atoms with van der Waals surface area (Å²) < 4.78 is 0. The van der Waals surface area contributed by atoms with Gasteiger partial charge in [0, 0.05) is 50.4 Å². The molecule has 2 amide bonds. The topological polar surface area (TPSA) is 77.6 Å². The average molecular weight is 528 g/mol. The van der Waals surface area contributed by atoms with Gasteiger partial charge in [0.25, 0.3) is 0 Å². The van der Waals surface area contributed by atoms with Gasteiger partial charge in [-0.05, 0) is 53.6 Å². The zero-order chi connectivity index (χ0) is 26.1. The number of thiol groups is 1. The number of amides is 2. The summed E-state index contributed by atoms with van der Waals surface area (Å²) in [4.78, 5) is 33.5. The summed E-state index contributed by atoms with van der Waals surface area (Å²) in [6.45, 7) is 3.59. The van der Waals surface area contributed by atoms with E-state index in [1.165, 1.54) is 22.3 Å². The van der Waals surface area contributed by atoms with Crippen molar-refractivity contribution in [2.75, 3.05) is 18.4 Å². The van der Waals surface area contributed by atoms with Gasteiger partial charge in [-0.25, -0.2) is 4.98 Å². The Morgan fingerprint density at radius 2 is 1.79 bits per heavy atom. The highest BCUT2D eigenvalue weighted by molar-refractivity contribution is 7.80. The number of rotatable bonds is 6. The number of carbonyl (C=O) groups is 2. The third-order valence-electron chi connectivity index (χ3n) is 8.07. The quantitative estimate of drug-likeness (QED) is 0.326. The molecule has 8 heteroatoms. The molecule has 38 heavy (non-hydrogen) atoms. The van der Waals surface area contributed by atoms with Crippen LogP contribution < -0.4 is 10.6 Å². The molecule has 0 radical (unpaired) electrons. The predicted molar refractivity (Wildman–Crippen MR) is 151 cm³/mol. The fourth-order valence-electron chi connectivity index (χ4n) is 6.00. The highest BCUT2D eigenvalue weighted by Crippen LogP contribution is 2.41. The lowest BCUT2D eigenvalue weighted by Crippen LogP contribution is -2.51. The van der Waals surface area contributed by atoms with E-state index < -0.39 is 0 Å². The molecule has 196 valence electrons. The molecular weight excluding hydrogens is 494 g/mol. The molecule has 2 fully saturated rings. The van der Waals surface area contributed by atoms with Crippen molar-refractivity contribution in [3.05, 3.63) is 83.6 Å². The minimum absolute atomic E-state index is 0.138. The Kier molecular flexibility index (Phi) is 7.19. The van der Waals surface area contributed by atoms with Crippen molar-refractivity contribution in [1.29, 1.82) is 0 Å². The summed E-state index contributed by atoms with van der Waals surface area (Å²) in [5, 5.41) is 6.07. The largest absolute Gasteiger partial charge is 0.367 e. The second-order valence-corrected chi connectivity index (χ2v) is 10.9.